The highest BCUT2D eigenvalue weighted by molar-refractivity contribution is 5.92. The van der Waals surface area contributed by atoms with Gasteiger partial charge in [-0.2, -0.15) is 4.98 Å². The lowest BCUT2D eigenvalue weighted by Crippen LogP contribution is -2.06. The van der Waals surface area contributed by atoms with Gasteiger partial charge in [-0.25, -0.2) is 9.78 Å². The third kappa shape index (κ3) is 3.39. The fraction of sp³-hybridized carbons (Fsp3) is 0.217. The van der Waals surface area contributed by atoms with Crippen molar-refractivity contribution in [3.05, 3.63) is 71.2 Å². The van der Waals surface area contributed by atoms with Crippen LogP contribution in [0.1, 0.15) is 40.1 Å². The molecule has 2 N–H and O–H groups in total. The lowest BCUT2D eigenvalue weighted by atomic mass is 9.96. The molecule has 30 heavy (non-hydrogen) atoms. The van der Waals surface area contributed by atoms with E-state index in [1.54, 1.807) is 30.5 Å². The summed E-state index contributed by atoms with van der Waals surface area (Å²) in [6.07, 6.45) is 7.68. The summed E-state index contributed by atoms with van der Waals surface area (Å²) in [6.45, 7) is 0.581. The summed E-state index contributed by atoms with van der Waals surface area (Å²) in [6, 6.07) is 10.5. The van der Waals surface area contributed by atoms with Crippen LogP contribution in [0.15, 0.2) is 53.2 Å². The van der Waals surface area contributed by atoms with Crippen LogP contribution in [0, 0.1) is 0 Å². The lowest BCUT2D eigenvalue weighted by Gasteiger charge is -2.12. The second-order valence-electron chi connectivity index (χ2n) is 7.38. The molecule has 0 amide bonds. The maximum Gasteiger partial charge on any atom is 0.335 e. The predicted molar refractivity (Wildman–Crippen MR) is 112 cm³/mol. The molecular weight excluding hydrogens is 380 g/mol. The number of anilines is 1. The van der Waals surface area contributed by atoms with Crippen LogP contribution >= 0.6 is 0 Å². The number of benzene rings is 1. The number of furan rings is 1. The molecule has 0 aliphatic heterocycles. The van der Waals surface area contributed by atoms with Crippen LogP contribution in [0.25, 0.3) is 22.5 Å². The number of fused-ring (bicyclic) bond motifs is 3. The second-order valence-corrected chi connectivity index (χ2v) is 7.38. The first-order chi connectivity index (χ1) is 14.7. The molecule has 150 valence electrons. The molecule has 1 aliphatic rings. The van der Waals surface area contributed by atoms with Crippen molar-refractivity contribution in [2.45, 2.75) is 32.2 Å². The van der Waals surface area contributed by atoms with E-state index in [9.17, 15) is 4.79 Å². The van der Waals surface area contributed by atoms with Gasteiger partial charge in [-0.15, -0.1) is 0 Å². The Balaban J connectivity index is 1.59. The SMILES string of the molecule is O=C(O)c1ccc(-c2nc(NCc3cccnc3)c3c4c(oc3n2)CCCC4)cc1. The Morgan fingerprint density at radius 2 is 1.93 bits per heavy atom. The standard InChI is InChI=1S/C23H20N4O3/c28-23(29)16-9-7-15(8-10-16)20-26-21(25-13-14-4-3-11-24-12-14)19-17-5-1-2-6-18(17)30-22(19)27-20/h3-4,7-12H,1-2,5-6,13H2,(H,28,29)(H,25,26,27). The molecule has 0 saturated heterocycles. The van der Waals surface area contributed by atoms with Gasteiger partial charge in [0, 0.05) is 36.5 Å². The van der Waals surface area contributed by atoms with Crippen LogP contribution in [0.2, 0.25) is 0 Å². The molecule has 1 aromatic carbocycles. The number of carbonyl (C=O) groups is 1. The van der Waals surface area contributed by atoms with Crippen molar-refractivity contribution in [3.63, 3.8) is 0 Å². The van der Waals surface area contributed by atoms with Crippen LogP contribution < -0.4 is 5.32 Å². The lowest BCUT2D eigenvalue weighted by molar-refractivity contribution is 0.0697. The summed E-state index contributed by atoms with van der Waals surface area (Å²) >= 11 is 0. The van der Waals surface area contributed by atoms with E-state index in [-0.39, 0.29) is 5.56 Å². The number of aromatic nitrogens is 3. The van der Waals surface area contributed by atoms with Crippen LogP contribution in [-0.4, -0.2) is 26.0 Å². The number of hydrogen-bond acceptors (Lipinski definition) is 6. The quantitative estimate of drug-likeness (QED) is 0.509. The fourth-order valence-corrected chi connectivity index (χ4v) is 3.86. The van der Waals surface area contributed by atoms with Crippen LogP contribution in [0.3, 0.4) is 0 Å². The van der Waals surface area contributed by atoms with E-state index in [4.69, 9.17) is 14.5 Å². The number of hydrogen-bond donors (Lipinski definition) is 2. The number of aromatic carboxylic acids is 1. The van der Waals surface area contributed by atoms with Gasteiger partial charge in [0.2, 0.25) is 5.71 Å². The molecule has 7 nitrogen and oxygen atoms in total. The van der Waals surface area contributed by atoms with Gasteiger partial charge in [0.05, 0.1) is 10.9 Å². The fourth-order valence-electron chi connectivity index (χ4n) is 3.86. The molecule has 0 fully saturated rings. The molecule has 7 heteroatoms. The maximum atomic E-state index is 11.1. The summed E-state index contributed by atoms with van der Waals surface area (Å²) in [5.74, 6) is 1.26. The van der Waals surface area contributed by atoms with Gasteiger partial charge in [0.1, 0.15) is 11.6 Å². The summed E-state index contributed by atoms with van der Waals surface area (Å²) < 4.78 is 6.11. The molecule has 0 bridgehead atoms. The highest BCUT2D eigenvalue weighted by Gasteiger charge is 2.23. The maximum absolute atomic E-state index is 11.1. The monoisotopic (exact) mass is 400 g/mol. The zero-order valence-electron chi connectivity index (χ0n) is 16.3. The minimum atomic E-state index is -0.963. The van der Waals surface area contributed by atoms with Crippen molar-refractivity contribution in [1.29, 1.82) is 0 Å². The van der Waals surface area contributed by atoms with Gasteiger partial charge in [-0.05, 0) is 43.0 Å². The Hall–Kier alpha value is -3.74. The number of pyridine rings is 1. The van der Waals surface area contributed by atoms with Gasteiger partial charge in [-0.1, -0.05) is 18.2 Å². The van der Waals surface area contributed by atoms with Gasteiger partial charge >= 0.3 is 5.97 Å². The van der Waals surface area contributed by atoms with Crippen LogP contribution in [0.4, 0.5) is 5.82 Å². The average Bonchev–Trinajstić information content (AvgIpc) is 3.17. The molecule has 0 saturated carbocycles. The number of carboxylic acid groups (broad SMARTS) is 1. The van der Waals surface area contributed by atoms with Gasteiger partial charge in [0.15, 0.2) is 5.82 Å². The van der Waals surface area contributed by atoms with E-state index in [0.717, 1.165) is 53.8 Å². The Morgan fingerprint density at radius 3 is 2.70 bits per heavy atom. The zero-order valence-corrected chi connectivity index (χ0v) is 16.3. The van der Waals surface area contributed by atoms with Crippen molar-refractivity contribution < 1.29 is 14.3 Å². The molecule has 0 spiro atoms. The molecule has 0 atom stereocenters. The van der Waals surface area contributed by atoms with Crippen molar-refractivity contribution in [3.8, 4) is 11.4 Å². The third-order valence-corrected chi connectivity index (χ3v) is 5.39. The number of nitrogens with zero attached hydrogens (tertiary/aromatic N) is 3. The molecule has 4 aromatic rings. The summed E-state index contributed by atoms with van der Waals surface area (Å²) in [5.41, 5.74) is 3.78. The van der Waals surface area contributed by atoms with Crippen molar-refractivity contribution in [2.75, 3.05) is 5.32 Å². The van der Waals surface area contributed by atoms with E-state index in [0.29, 0.717) is 18.1 Å². The van der Waals surface area contributed by atoms with Gasteiger partial charge in [0.25, 0.3) is 0 Å². The molecular formula is C23H20N4O3. The predicted octanol–water partition coefficient (Wildman–Crippen LogP) is 4.47. The van der Waals surface area contributed by atoms with Crippen LogP contribution in [0.5, 0.6) is 0 Å². The summed E-state index contributed by atoms with van der Waals surface area (Å²) in [5, 5.41) is 13.5. The number of carboxylic acids is 1. The summed E-state index contributed by atoms with van der Waals surface area (Å²) in [4.78, 5) is 24.8. The zero-order chi connectivity index (χ0) is 20.5. The third-order valence-electron chi connectivity index (χ3n) is 5.39. The molecule has 3 heterocycles. The topological polar surface area (TPSA) is 101 Å². The van der Waals surface area contributed by atoms with Crippen molar-refractivity contribution in [1.82, 2.24) is 15.0 Å². The first-order valence-corrected chi connectivity index (χ1v) is 9.98. The van der Waals surface area contributed by atoms with Gasteiger partial charge in [-0.3, -0.25) is 4.98 Å². The van der Waals surface area contributed by atoms with Crippen molar-refractivity contribution >= 4 is 22.9 Å². The number of rotatable bonds is 5. The van der Waals surface area contributed by atoms with E-state index < -0.39 is 5.97 Å². The highest BCUT2D eigenvalue weighted by Crippen LogP contribution is 2.36. The minimum Gasteiger partial charge on any atom is -0.478 e. The van der Waals surface area contributed by atoms with E-state index in [1.165, 1.54) is 5.56 Å². The number of aryl methyl sites for hydroxylation is 2. The Labute approximate surface area is 172 Å². The van der Waals surface area contributed by atoms with E-state index >= 15 is 0 Å². The molecule has 0 unspecified atom stereocenters. The smallest absolute Gasteiger partial charge is 0.335 e. The largest absolute Gasteiger partial charge is 0.478 e. The minimum absolute atomic E-state index is 0.225. The Morgan fingerprint density at radius 1 is 1.10 bits per heavy atom. The first kappa shape index (κ1) is 18.3. The second kappa shape index (κ2) is 7.59. The van der Waals surface area contributed by atoms with E-state index in [2.05, 4.69) is 15.3 Å². The van der Waals surface area contributed by atoms with Crippen LogP contribution in [-0.2, 0) is 19.4 Å². The Kier molecular flexibility index (Phi) is 4.63. The normalized spacial score (nSPS) is 13.2. The molecule has 3 aromatic heterocycles. The first-order valence-electron chi connectivity index (χ1n) is 9.98. The highest BCUT2D eigenvalue weighted by atomic mass is 16.4. The van der Waals surface area contributed by atoms with E-state index in [1.807, 2.05) is 18.3 Å². The average molecular weight is 400 g/mol. The Bertz CT molecular complexity index is 1220. The molecule has 1 aliphatic carbocycles. The van der Waals surface area contributed by atoms with Crippen molar-refractivity contribution in [2.24, 2.45) is 0 Å². The molecule has 5 rings (SSSR count). The summed E-state index contributed by atoms with van der Waals surface area (Å²) in [7, 11) is 0. The van der Waals surface area contributed by atoms with Gasteiger partial charge < -0.3 is 14.8 Å². The molecule has 0 radical (unpaired) electrons. The number of nitrogens with one attached hydrogen (secondary N) is 1.